The lowest BCUT2D eigenvalue weighted by molar-refractivity contribution is -0.136. The van der Waals surface area contributed by atoms with Gasteiger partial charge in [0.15, 0.2) is 5.96 Å². The van der Waals surface area contributed by atoms with Crippen LogP contribution < -0.4 is 59.7 Å². The molecule has 458 valence electrons. The van der Waals surface area contributed by atoms with Crippen molar-refractivity contribution in [3.05, 3.63) is 90.1 Å². The number of carbonyl (C=O) groups excluding carboxylic acids is 9. The van der Waals surface area contributed by atoms with Gasteiger partial charge in [-0.25, -0.2) is 4.98 Å². The zero-order chi connectivity index (χ0) is 60.5. The van der Waals surface area contributed by atoms with Crippen molar-refractivity contribution in [3.63, 3.8) is 0 Å². The van der Waals surface area contributed by atoms with Crippen molar-refractivity contribution in [3.8, 4) is 0 Å². The number of guanidine groups is 1. The molecule has 85 heavy (non-hydrogen) atoms. The first-order valence-electron chi connectivity index (χ1n) is 30.2. The maximum atomic E-state index is 14.9. The van der Waals surface area contributed by atoms with E-state index in [4.69, 9.17) is 17.2 Å². The van der Waals surface area contributed by atoms with E-state index in [1.54, 1.807) is 36.5 Å². The molecule has 7 atom stereocenters. The van der Waals surface area contributed by atoms with Crippen molar-refractivity contribution in [1.82, 2.24) is 57.5 Å². The summed E-state index contributed by atoms with van der Waals surface area (Å²) in [5.41, 5.74) is 19.5. The first-order chi connectivity index (χ1) is 40.9. The monoisotopic (exact) mass is 1170 g/mol. The molecule has 2 aromatic carbocycles. The fraction of sp³-hybridized carbons (Fsp3) is 0.557. The Balaban J connectivity index is 1.08. The average Bonchev–Trinajstić information content (AvgIpc) is 2.52. The summed E-state index contributed by atoms with van der Waals surface area (Å²) in [7, 11) is 0. The predicted molar refractivity (Wildman–Crippen MR) is 318 cm³/mol. The lowest BCUT2D eigenvalue weighted by Crippen LogP contribution is -2.61. The molecule has 3 heterocycles. The molecule has 0 unspecified atom stereocenters. The van der Waals surface area contributed by atoms with Crippen LogP contribution in [0, 0.1) is 23.2 Å². The predicted octanol–water partition coefficient (Wildman–Crippen LogP) is 1.73. The van der Waals surface area contributed by atoms with Gasteiger partial charge in [-0.3, -0.25) is 48.1 Å². The van der Waals surface area contributed by atoms with Gasteiger partial charge in [-0.05, 0) is 124 Å². The highest BCUT2D eigenvalue weighted by atomic mass is 16.2. The number of amides is 9. The smallest absolute Gasteiger partial charge is 0.243 e. The van der Waals surface area contributed by atoms with Gasteiger partial charge in [-0.15, -0.1) is 0 Å². The number of para-hydroxylation sites is 1. The van der Waals surface area contributed by atoms with Crippen molar-refractivity contribution < 1.29 is 43.2 Å². The van der Waals surface area contributed by atoms with Gasteiger partial charge in [-0.1, -0.05) is 68.3 Å². The number of benzene rings is 2. The molecule has 16 N–H and O–H groups in total. The minimum absolute atomic E-state index is 0.0428. The number of nitrogens with zero attached hydrogens (tertiary/aromatic N) is 2. The third-order valence-corrected chi connectivity index (χ3v) is 17.2. The number of unbranched alkanes of at least 4 members (excludes halogenated alkanes) is 1. The number of rotatable bonds is 19. The molecule has 4 aromatic rings. The Morgan fingerprint density at radius 1 is 0.718 bits per heavy atom. The van der Waals surface area contributed by atoms with E-state index >= 15 is 0 Å². The number of H-pyrrole nitrogens is 2. The maximum Gasteiger partial charge on any atom is 0.243 e. The Kier molecular flexibility index (Phi) is 22.1. The van der Waals surface area contributed by atoms with Gasteiger partial charge < -0.3 is 69.7 Å². The molecule has 1 saturated heterocycles. The highest BCUT2D eigenvalue weighted by molar-refractivity contribution is 5.98. The van der Waals surface area contributed by atoms with E-state index in [1.165, 1.54) is 31.8 Å². The van der Waals surface area contributed by atoms with E-state index in [1.807, 2.05) is 31.2 Å². The first-order valence-corrected chi connectivity index (χ1v) is 30.2. The van der Waals surface area contributed by atoms with Crippen molar-refractivity contribution in [2.45, 2.75) is 178 Å². The van der Waals surface area contributed by atoms with Crippen LogP contribution in [0.5, 0.6) is 0 Å². The second-order valence-electron chi connectivity index (χ2n) is 24.0. The van der Waals surface area contributed by atoms with Crippen LogP contribution in [0.15, 0.2) is 78.3 Å². The van der Waals surface area contributed by atoms with Crippen molar-refractivity contribution in [2.75, 3.05) is 13.1 Å². The molecular formula is C61H85N15O9. The van der Waals surface area contributed by atoms with Gasteiger partial charge in [0.1, 0.15) is 42.3 Å². The van der Waals surface area contributed by atoms with Gasteiger partial charge in [0.05, 0.1) is 6.33 Å². The second kappa shape index (κ2) is 30.0. The number of hydrogen-bond acceptors (Lipinski definition) is 11. The van der Waals surface area contributed by atoms with E-state index in [9.17, 15) is 43.2 Å². The minimum atomic E-state index is -1.42. The number of aromatic amines is 2. The highest BCUT2D eigenvalue weighted by Crippen LogP contribution is 2.61. The molecular weight excluding hydrogens is 1090 g/mol. The standard InChI is InChI=1S/C61H85N15O9/c1-2-3-15-45(70-52(78)32-61-29-37-23-38(30-61)25-39(24-37)31-61)54(80)73-47-19-20-51(77)66-21-10-9-17-44(53(62)79)71-58(84)49(27-40-33-68-43-16-8-7-14-42(40)43)75-55(81)46(18-11-22-67-60(63)64)72-57(83)48(26-36-12-5-4-6-13-36)74-59(85)50(76-56(47)82)28-41-34-65-35-69-41/h4-8,12-14,16,33-35,37-39,44-50,68H,2-3,9-11,15,17-32H2,1H3,(H2,62,79)(H,65,69)(H,66,77)(H,70,78)(H,71,84)(H,72,83)(H,73,80)(H,74,85)(H,75,81)(H,76,82)(H4,63,64,67)/t37?,38?,39?,44-,45-,46-,47-,48+,49-,50-,61?/m0/s1. The molecule has 4 aliphatic carbocycles. The number of imidazole rings is 1. The molecule has 2 aromatic heterocycles. The van der Waals surface area contributed by atoms with E-state index in [2.05, 4.69) is 62.5 Å². The summed E-state index contributed by atoms with van der Waals surface area (Å²) >= 11 is 0. The van der Waals surface area contributed by atoms with Crippen LogP contribution in [0.2, 0.25) is 0 Å². The maximum absolute atomic E-state index is 14.9. The van der Waals surface area contributed by atoms with Crippen molar-refractivity contribution >= 4 is 70.0 Å². The molecule has 4 saturated carbocycles. The fourth-order valence-corrected chi connectivity index (χ4v) is 13.4. The van der Waals surface area contributed by atoms with Gasteiger partial charge in [0.25, 0.3) is 0 Å². The van der Waals surface area contributed by atoms with Crippen molar-refractivity contribution in [1.29, 1.82) is 0 Å². The summed E-state index contributed by atoms with van der Waals surface area (Å²) in [6.45, 7) is 2.18. The summed E-state index contributed by atoms with van der Waals surface area (Å²) in [5.74, 6) is -4.37. The number of nitrogens with one attached hydrogen (secondary N) is 10. The molecule has 0 spiro atoms. The minimum Gasteiger partial charge on any atom is -0.370 e. The molecule has 0 radical (unpaired) electrons. The van der Waals surface area contributed by atoms with E-state index in [0.29, 0.717) is 66.7 Å². The summed E-state index contributed by atoms with van der Waals surface area (Å²) in [6.07, 6.45) is 13.3. The zero-order valence-electron chi connectivity index (χ0n) is 48.6. The van der Waals surface area contributed by atoms with Crippen LogP contribution in [0.1, 0.15) is 133 Å². The van der Waals surface area contributed by atoms with E-state index in [-0.39, 0.29) is 81.7 Å². The van der Waals surface area contributed by atoms with Crippen LogP contribution in [0.25, 0.3) is 10.9 Å². The third kappa shape index (κ3) is 18.1. The molecule has 24 heteroatoms. The largest absolute Gasteiger partial charge is 0.370 e. The third-order valence-electron chi connectivity index (χ3n) is 17.2. The Hall–Kier alpha value is -8.31. The lowest BCUT2D eigenvalue weighted by atomic mass is 9.49. The lowest BCUT2D eigenvalue weighted by Gasteiger charge is -2.56. The quantitative estimate of drug-likeness (QED) is 0.0363. The number of carbonyl (C=O) groups is 9. The van der Waals surface area contributed by atoms with Crippen LogP contribution in [-0.2, 0) is 62.4 Å². The Bertz CT molecular complexity index is 2960. The molecule has 24 nitrogen and oxygen atoms in total. The normalized spacial score (nSPS) is 26.7. The van der Waals surface area contributed by atoms with Gasteiger partial charge in [0.2, 0.25) is 53.2 Å². The molecule has 4 bridgehead atoms. The molecule has 1 aliphatic heterocycles. The second-order valence-corrected chi connectivity index (χ2v) is 24.0. The highest BCUT2D eigenvalue weighted by Gasteiger charge is 2.51. The van der Waals surface area contributed by atoms with E-state index in [0.717, 1.165) is 36.6 Å². The van der Waals surface area contributed by atoms with Crippen LogP contribution >= 0.6 is 0 Å². The molecule has 5 aliphatic rings. The fourth-order valence-electron chi connectivity index (χ4n) is 13.4. The first kappa shape index (κ1) is 62.7. The van der Waals surface area contributed by atoms with Crippen molar-refractivity contribution in [2.24, 2.45) is 45.4 Å². The number of hydrogen-bond donors (Lipinski definition) is 13. The Labute approximate surface area is 495 Å². The average molecular weight is 1170 g/mol. The van der Waals surface area contributed by atoms with Gasteiger partial charge in [-0.2, -0.15) is 0 Å². The summed E-state index contributed by atoms with van der Waals surface area (Å²) in [6, 6.07) is 7.15. The van der Waals surface area contributed by atoms with Crippen LogP contribution in [-0.4, -0.2) is 129 Å². The van der Waals surface area contributed by atoms with Gasteiger partial charge >= 0.3 is 0 Å². The van der Waals surface area contributed by atoms with Gasteiger partial charge in [0, 0.05) is 74.2 Å². The number of aliphatic imine (C=N–C) groups is 1. The summed E-state index contributed by atoms with van der Waals surface area (Å²) in [5, 5.41) is 23.5. The molecule has 5 fully saturated rings. The van der Waals surface area contributed by atoms with E-state index < -0.39 is 89.6 Å². The summed E-state index contributed by atoms with van der Waals surface area (Å²) < 4.78 is 0. The number of nitrogens with two attached hydrogens (primary N) is 3. The number of fused-ring (bicyclic) bond motifs is 1. The zero-order valence-corrected chi connectivity index (χ0v) is 48.6. The Morgan fingerprint density at radius 3 is 2.02 bits per heavy atom. The van der Waals surface area contributed by atoms with Crippen LogP contribution in [0.3, 0.4) is 0 Å². The summed E-state index contributed by atoms with van der Waals surface area (Å²) in [4.78, 5) is 143. The SMILES string of the molecule is CCCC[C@H](NC(=O)CC12CC3CC(CC(C3)C1)C2)C(=O)N[C@H]1CCC(=O)NCCCC[C@@H](C(N)=O)NC(=O)[C@H](Cc2c[nH]c3ccccc23)NC(=O)[C@H](CCCN=C(N)N)NC(=O)[C@@H](Cc2ccccc2)NC(=O)[C@H](Cc2cnc[nH]2)NC1=O. The van der Waals surface area contributed by atoms with Crippen LogP contribution in [0.4, 0.5) is 0 Å². The molecule has 9 amide bonds. The number of primary amides is 1. The molecule has 9 rings (SSSR count). The number of aromatic nitrogens is 3. The Morgan fingerprint density at radius 2 is 1.35 bits per heavy atom. The topological polar surface area (TPSA) is 385 Å².